The van der Waals surface area contributed by atoms with Gasteiger partial charge in [0, 0.05) is 5.56 Å². The molecule has 4 rings (SSSR count). The van der Waals surface area contributed by atoms with Gasteiger partial charge in [0.25, 0.3) is 5.56 Å². The lowest BCUT2D eigenvalue weighted by Gasteiger charge is -1.99. The number of thiazole rings is 1. The summed E-state index contributed by atoms with van der Waals surface area (Å²) < 4.78 is 6.55. The molecule has 6 nitrogen and oxygen atoms in total. The van der Waals surface area contributed by atoms with Crippen LogP contribution in [0.15, 0.2) is 53.3 Å². The fourth-order valence-corrected chi connectivity index (χ4v) is 3.66. The van der Waals surface area contributed by atoms with E-state index in [1.165, 1.54) is 23.0 Å². The number of aryl methyl sites for hydroxylation is 1. The van der Waals surface area contributed by atoms with Crippen LogP contribution < -0.4 is 10.1 Å². The second-order valence-electron chi connectivity index (χ2n) is 5.97. The highest BCUT2D eigenvalue weighted by Gasteiger charge is 2.13. The largest absolute Gasteiger partial charge is 0.465 e. The molecule has 7 heteroatoms. The average molecular weight is 377 g/mol. The standard InChI is InChI=1S/C20H15N3O3S/c1-12-5-3-4-6-15(12)17-21-20-23(22-17)18(24)16(27-20)11-13-7-9-14(10-8-13)19(25)26-2/h3-11H,1-2H3/b16-11+. The molecular weight excluding hydrogens is 362 g/mol. The monoisotopic (exact) mass is 377 g/mol. The molecule has 0 aliphatic carbocycles. The maximum Gasteiger partial charge on any atom is 0.337 e. The van der Waals surface area contributed by atoms with E-state index < -0.39 is 5.97 Å². The number of nitrogens with zero attached hydrogens (tertiary/aromatic N) is 3. The van der Waals surface area contributed by atoms with E-state index in [-0.39, 0.29) is 5.56 Å². The van der Waals surface area contributed by atoms with Gasteiger partial charge >= 0.3 is 5.97 Å². The minimum Gasteiger partial charge on any atom is -0.465 e. The number of fused-ring (bicyclic) bond motifs is 1. The molecule has 0 bridgehead atoms. The van der Waals surface area contributed by atoms with E-state index >= 15 is 0 Å². The fraction of sp³-hybridized carbons (Fsp3) is 0.100. The van der Waals surface area contributed by atoms with Crippen molar-refractivity contribution in [3.8, 4) is 11.4 Å². The van der Waals surface area contributed by atoms with Crippen molar-refractivity contribution in [2.24, 2.45) is 0 Å². The molecule has 0 radical (unpaired) electrons. The summed E-state index contributed by atoms with van der Waals surface area (Å²) in [5.41, 5.74) is 3.03. The molecule has 2 heterocycles. The van der Waals surface area contributed by atoms with Gasteiger partial charge in [0.1, 0.15) is 0 Å². The SMILES string of the molecule is COC(=O)c1ccc(/C=c2/sc3nc(-c4ccccc4C)nn3c2=O)cc1. The van der Waals surface area contributed by atoms with Gasteiger partial charge in [-0.15, -0.1) is 5.10 Å². The molecule has 0 saturated carbocycles. The van der Waals surface area contributed by atoms with Crippen LogP contribution in [0.2, 0.25) is 0 Å². The fourth-order valence-electron chi connectivity index (χ4n) is 2.76. The zero-order valence-corrected chi connectivity index (χ0v) is 15.5. The third-order valence-corrected chi connectivity index (χ3v) is 5.16. The first-order valence-electron chi connectivity index (χ1n) is 8.22. The van der Waals surface area contributed by atoms with Crippen molar-refractivity contribution in [2.75, 3.05) is 7.11 Å². The number of carbonyl (C=O) groups is 1. The number of esters is 1. The molecule has 0 aliphatic rings. The maximum absolute atomic E-state index is 12.6. The molecule has 2 aromatic heterocycles. The Balaban J connectivity index is 1.74. The van der Waals surface area contributed by atoms with Crippen molar-refractivity contribution in [1.29, 1.82) is 0 Å². The third-order valence-electron chi connectivity index (χ3n) is 4.20. The van der Waals surface area contributed by atoms with Crippen LogP contribution in [-0.4, -0.2) is 27.7 Å². The van der Waals surface area contributed by atoms with Crippen molar-refractivity contribution < 1.29 is 9.53 Å². The minimum absolute atomic E-state index is 0.209. The van der Waals surface area contributed by atoms with Crippen LogP contribution in [-0.2, 0) is 4.74 Å². The lowest BCUT2D eigenvalue weighted by Crippen LogP contribution is -2.23. The van der Waals surface area contributed by atoms with Gasteiger partial charge in [-0.05, 0) is 36.3 Å². The molecular formula is C20H15N3O3S. The quantitative estimate of drug-likeness (QED) is 0.513. The molecule has 4 aromatic rings. The number of hydrogen-bond donors (Lipinski definition) is 0. The lowest BCUT2D eigenvalue weighted by molar-refractivity contribution is 0.0600. The second kappa shape index (κ2) is 6.77. The van der Waals surface area contributed by atoms with E-state index in [2.05, 4.69) is 14.8 Å². The number of carbonyl (C=O) groups excluding carboxylic acids is 1. The predicted octanol–water partition coefficient (Wildman–Crippen LogP) is 2.46. The minimum atomic E-state index is -0.395. The molecule has 134 valence electrons. The van der Waals surface area contributed by atoms with Gasteiger partial charge in [-0.2, -0.15) is 9.50 Å². The molecule has 0 spiro atoms. The molecule has 0 atom stereocenters. The highest BCUT2D eigenvalue weighted by atomic mass is 32.1. The van der Waals surface area contributed by atoms with Crippen molar-refractivity contribution in [3.63, 3.8) is 0 Å². The summed E-state index contributed by atoms with van der Waals surface area (Å²) in [6.45, 7) is 1.99. The normalized spacial score (nSPS) is 11.9. The van der Waals surface area contributed by atoms with Crippen LogP contribution in [0.25, 0.3) is 22.4 Å². The lowest BCUT2D eigenvalue weighted by atomic mass is 10.1. The zero-order chi connectivity index (χ0) is 19.0. The summed E-state index contributed by atoms with van der Waals surface area (Å²) in [6, 6.07) is 14.7. The first-order chi connectivity index (χ1) is 13.1. The van der Waals surface area contributed by atoms with Crippen molar-refractivity contribution in [2.45, 2.75) is 6.92 Å². The van der Waals surface area contributed by atoms with E-state index in [1.807, 2.05) is 31.2 Å². The summed E-state index contributed by atoms with van der Waals surface area (Å²) in [6.07, 6.45) is 1.76. The number of aromatic nitrogens is 3. The van der Waals surface area contributed by atoms with Crippen LogP contribution in [0.4, 0.5) is 0 Å². The molecule has 0 aliphatic heterocycles. The summed E-state index contributed by atoms with van der Waals surface area (Å²) in [5, 5.41) is 4.38. The topological polar surface area (TPSA) is 73.6 Å². The van der Waals surface area contributed by atoms with Gasteiger partial charge in [0.05, 0.1) is 17.2 Å². The molecule has 0 fully saturated rings. The van der Waals surface area contributed by atoms with Crippen molar-refractivity contribution >= 4 is 28.3 Å². The first kappa shape index (κ1) is 17.1. The highest BCUT2D eigenvalue weighted by molar-refractivity contribution is 7.15. The maximum atomic E-state index is 12.6. The van der Waals surface area contributed by atoms with E-state index in [9.17, 15) is 9.59 Å². The molecule has 2 aromatic carbocycles. The summed E-state index contributed by atoms with van der Waals surface area (Å²) in [4.78, 5) is 29.2. The number of ether oxygens (including phenoxy) is 1. The van der Waals surface area contributed by atoms with Gasteiger partial charge in [0.15, 0.2) is 5.82 Å². The molecule has 27 heavy (non-hydrogen) atoms. The smallest absolute Gasteiger partial charge is 0.337 e. The second-order valence-corrected chi connectivity index (χ2v) is 6.98. The Bertz CT molecular complexity index is 1260. The van der Waals surface area contributed by atoms with Crippen LogP contribution in [0, 0.1) is 6.92 Å². The summed E-state index contributed by atoms with van der Waals surface area (Å²) >= 11 is 1.28. The van der Waals surface area contributed by atoms with E-state index in [4.69, 9.17) is 0 Å². The van der Waals surface area contributed by atoms with Crippen LogP contribution in [0.1, 0.15) is 21.5 Å². The summed E-state index contributed by atoms with van der Waals surface area (Å²) in [5.74, 6) is 0.152. The molecule has 0 unspecified atom stereocenters. The van der Waals surface area contributed by atoms with Crippen LogP contribution >= 0.6 is 11.3 Å². The highest BCUT2D eigenvalue weighted by Crippen LogP contribution is 2.20. The van der Waals surface area contributed by atoms with Gasteiger partial charge in [-0.25, -0.2) is 4.79 Å². The van der Waals surface area contributed by atoms with Crippen LogP contribution in [0.3, 0.4) is 0 Å². The van der Waals surface area contributed by atoms with Gasteiger partial charge < -0.3 is 4.74 Å². The molecule has 0 amide bonds. The van der Waals surface area contributed by atoms with Crippen molar-refractivity contribution in [1.82, 2.24) is 14.6 Å². The molecule has 0 saturated heterocycles. The molecule has 0 N–H and O–H groups in total. The Morgan fingerprint density at radius 2 is 1.89 bits per heavy atom. The zero-order valence-electron chi connectivity index (χ0n) is 14.7. The van der Waals surface area contributed by atoms with E-state index in [0.29, 0.717) is 20.9 Å². The van der Waals surface area contributed by atoms with Gasteiger partial charge in [0.2, 0.25) is 4.96 Å². The number of methoxy groups -OCH3 is 1. The van der Waals surface area contributed by atoms with Crippen LogP contribution in [0.5, 0.6) is 0 Å². The van der Waals surface area contributed by atoms with Gasteiger partial charge in [-0.1, -0.05) is 47.7 Å². The Hall–Kier alpha value is -3.32. The predicted molar refractivity (Wildman–Crippen MR) is 104 cm³/mol. The Morgan fingerprint density at radius 3 is 2.56 bits per heavy atom. The number of hydrogen-bond acceptors (Lipinski definition) is 6. The first-order valence-corrected chi connectivity index (χ1v) is 9.04. The number of benzene rings is 2. The average Bonchev–Trinajstić information content (AvgIpc) is 3.22. The Kier molecular flexibility index (Phi) is 4.29. The van der Waals surface area contributed by atoms with E-state index in [1.54, 1.807) is 30.3 Å². The van der Waals surface area contributed by atoms with Gasteiger partial charge in [-0.3, -0.25) is 4.79 Å². The Labute approximate surface area is 158 Å². The Morgan fingerprint density at radius 1 is 1.15 bits per heavy atom. The number of rotatable bonds is 3. The van der Waals surface area contributed by atoms with Crippen molar-refractivity contribution in [3.05, 3.63) is 80.1 Å². The summed E-state index contributed by atoms with van der Waals surface area (Å²) in [7, 11) is 1.34. The third kappa shape index (κ3) is 3.13. The van der Waals surface area contributed by atoms with E-state index in [0.717, 1.165) is 16.7 Å².